The molecule has 41 heavy (non-hydrogen) atoms. The van der Waals surface area contributed by atoms with E-state index in [9.17, 15) is 14.4 Å². The molecule has 218 valence electrons. The number of hydrogen-bond donors (Lipinski definition) is 2. The van der Waals surface area contributed by atoms with Crippen LogP contribution in [0, 0.1) is 19.3 Å². The van der Waals surface area contributed by atoms with E-state index in [1.54, 1.807) is 39.8 Å². The average Bonchev–Trinajstić information content (AvgIpc) is 2.85. The highest BCUT2D eigenvalue weighted by atomic mass is 16.6. The quantitative estimate of drug-likeness (QED) is 0.284. The van der Waals surface area contributed by atoms with Crippen molar-refractivity contribution in [2.75, 3.05) is 0 Å². The molecule has 3 rings (SSSR count). The lowest BCUT2D eigenvalue weighted by Crippen LogP contribution is -2.33. The van der Waals surface area contributed by atoms with E-state index >= 15 is 0 Å². The van der Waals surface area contributed by atoms with Crippen molar-refractivity contribution in [3.8, 4) is 11.1 Å². The van der Waals surface area contributed by atoms with Crippen LogP contribution in [-0.4, -0.2) is 33.7 Å². The minimum absolute atomic E-state index is 0.0409. The standard InChI is InChI=1S/C33H40N2O6/c1-20-9-13-23(14-10-20)28-25(18-34-31(39)41-33(6,7)8)26(17-32(3,4)5)35-21(2)27(28)30(38)40-19-22-11-15-24(16-12-22)29(36)37/h9-16H,17-19H2,1-8H3,(H,34,39)(H,36,37). The molecule has 0 spiro atoms. The largest absolute Gasteiger partial charge is 0.478 e. The number of aromatic nitrogens is 1. The number of pyridine rings is 1. The van der Waals surface area contributed by atoms with Crippen LogP contribution in [0.3, 0.4) is 0 Å². The lowest BCUT2D eigenvalue weighted by molar-refractivity contribution is 0.0470. The van der Waals surface area contributed by atoms with E-state index in [0.29, 0.717) is 28.8 Å². The summed E-state index contributed by atoms with van der Waals surface area (Å²) in [6, 6.07) is 14.0. The number of amides is 1. The Balaban J connectivity index is 2.10. The first-order chi connectivity index (χ1) is 19.0. The summed E-state index contributed by atoms with van der Waals surface area (Å²) in [6.07, 6.45) is 0.0482. The van der Waals surface area contributed by atoms with Crippen LogP contribution in [0.15, 0.2) is 48.5 Å². The molecule has 3 aromatic rings. The van der Waals surface area contributed by atoms with Gasteiger partial charge in [0.2, 0.25) is 0 Å². The van der Waals surface area contributed by atoms with Gasteiger partial charge in [-0.15, -0.1) is 0 Å². The fourth-order valence-corrected chi connectivity index (χ4v) is 4.37. The summed E-state index contributed by atoms with van der Waals surface area (Å²) < 4.78 is 11.2. The SMILES string of the molecule is Cc1ccc(-c2c(CNC(=O)OC(C)(C)C)c(CC(C)(C)C)nc(C)c2C(=O)OCc2ccc(C(=O)O)cc2)cc1. The number of nitrogens with one attached hydrogen (secondary N) is 1. The van der Waals surface area contributed by atoms with Gasteiger partial charge in [0.1, 0.15) is 12.2 Å². The molecule has 8 nitrogen and oxygen atoms in total. The molecule has 0 saturated carbocycles. The number of aromatic carboxylic acids is 1. The summed E-state index contributed by atoms with van der Waals surface area (Å²) in [5, 5.41) is 12.0. The molecule has 0 atom stereocenters. The van der Waals surface area contributed by atoms with Gasteiger partial charge < -0.3 is 19.9 Å². The molecule has 2 aromatic carbocycles. The first kappa shape index (κ1) is 31.3. The van der Waals surface area contributed by atoms with E-state index < -0.39 is 23.6 Å². The first-order valence-electron chi connectivity index (χ1n) is 13.6. The van der Waals surface area contributed by atoms with Crippen molar-refractivity contribution in [1.82, 2.24) is 10.3 Å². The van der Waals surface area contributed by atoms with Crippen molar-refractivity contribution in [2.24, 2.45) is 5.41 Å². The van der Waals surface area contributed by atoms with Crippen LogP contribution < -0.4 is 5.32 Å². The van der Waals surface area contributed by atoms with Gasteiger partial charge in [0.15, 0.2) is 0 Å². The van der Waals surface area contributed by atoms with E-state index in [1.165, 1.54) is 12.1 Å². The van der Waals surface area contributed by atoms with Crippen LogP contribution in [0.5, 0.6) is 0 Å². The average molecular weight is 561 g/mol. The number of carbonyl (C=O) groups is 3. The number of carboxylic acids is 1. The molecule has 1 amide bonds. The summed E-state index contributed by atoms with van der Waals surface area (Å²) in [7, 11) is 0. The number of carboxylic acid groups (broad SMARTS) is 1. The van der Waals surface area contributed by atoms with Crippen LogP contribution in [0.2, 0.25) is 0 Å². The lowest BCUT2D eigenvalue weighted by Gasteiger charge is -2.25. The first-order valence-corrected chi connectivity index (χ1v) is 13.6. The van der Waals surface area contributed by atoms with Crippen LogP contribution in [0.25, 0.3) is 11.1 Å². The fourth-order valence-electron chi connectivity index (χ4n) is 4.37. The smallest absolute Gasteiger partial charge is 0.407 e. The number of hydrogen-bond acceptors (Lipinski definition) is 6. The molecule has 0 fully saturated rings. The number of carbonyl (C=O) groups excluding carboxylic acids is 2. The van der Waals surface area contributed by atoms with E-state index in [0.717, 1.165) is 22.4 Å². The summed E-state index contributed by atoms with van der Waals surface area (Å²) >= 11 is 0. The molecule has 1 heterocycles. The molecule has 1 aromatic heterocycles. The van der Waals surface area contributed by atoms with E-state index in [-0.39, 0.29) is 24.1 Å². The molecule has 0 radical (unpaired) electrons. The fraction of sp³-hybridized carbons (Fsp3) is 0.394. The number of alkyl carbamates (subject to hydrolysis) is 1. The van der Waals surface area contributed by atoms with Crippen LogP contribution in [0.1, 0.15) is 90.3 Å². The minimum Gasteiger partial charge on any atom is -0.478 e. The predicted molar refractivity (Wildman–Crippen MR) is 158 cm³/mol. The van der Waals surface area contributed by atoms with Crippen LogP contribution in [0.4, 0.5) is 4.79 Å². The highest BCUT2D eigenvalue weighted by Gasteiger charge is 2.27. The van der Waals surface area contributed by atoms with Crippen molar-refractivity contribution < 1.29 is 29.0 Å². The molecule has 0 saturated heterocycles. The second-order valence-electron chi connectivity index (χ2n) is 12.4. The second-order valence-corrected chi connectivity index (χ2v) is 12.4. The van der Waals surface area contributed by atoms with Crippen LogP contribution >= 0.6 is 0 Å². The van der Waals surface area contributed by atoms with Crippen molar-refractivity contribution in [1.29, 1.82) is 0 Å². The Hall–Kier alpha value is -4.20. The number of ether oxygens (including phenoxy) is 2. The summed E-state index contributed by atoms with van der Waals surface area (Å²) in [4.78, 5) is 42.4. The van der Waals surface area contributed by atoms with Gasteiger partial charge in [-0.3, -0.25) is 4.98 Å². The van der Waals surface area contributed by atoms with Gasteiger partial charge in [0.25, 0.3) is 0 Å². The van der Waals surface area contributed by atoms with Gasteiger partial charge in [-0.2, -0.15) is 0 Å². The maximum atomic E-state index is 13.7. The van der Waals surface area contributed by atoms with Gasteiger partial charge >= 0.3 is 18.0 Å². The Morgan fingerprint density at radius 2 is 1.51 bits per heavy atom. The zero-order valence-electron chi connectivity index (χ0n) is 25.2. The van der Waals surface area contributed by atoms with Crippen molar-refractivity contribution in [3.05, 3.63) is 87.7 Å². The Labute approximate surface area is 242 Å². The van der Waals surface area contributed by atoms with Gasteiger partial charge in [-0.1, -0.05) is 62.7 Å². The maximum absolute atomic E-state index is 13.7. The molecule has 0 unspecified atom stereocenters. The predicted octanol–water partition coefficient (Wildman–Crippen LogP) is 7.03. The number of aryl methyl sites for hydroxylation is 2. The number of rotatable bonds is 8. The number of esters is 1. The van der Waals surface area contributed by atoms with E-state index in [1.807, 2.05) is 31.2 Å². The maximum Gasteiger partial charge on any atom is 0.407 e. The van der Waals surface area contributed by atoms with Crippen molar-refractivity contribution in [3.63, 3.8) is 0 Å². The third-order valence-electron chi connectivity index (χ3n) is 6.19. The van der Waals surface area contributed by atoms with Crippen molar-refractivity contribution >= 4 is 18.0 Å². The highest BCUT2D eigenvalue weighted by molar-refractivity contribution is 5.99. The minimum atomic E-state index is -1.03. The zero-order valence-corrected chi connectivity index (χ0v) is 25.2. The summed E-state index contributed by atoms with van der Waals surface area (Å²) in [5.74, 6) is -1.59. The third-order valence-corrected chi connectivity index (χ3v) is 6.19. The Morgan fingerprint density at radius 3 is 2.05 bits per heavy atom. The van der Waals surface area contributed by atoms with E-state index in [4.69, 9.17) is 19.6 Å². The Morgan fingerprint density at radius 1 is 0.902 bits per heavy atom. The van der Waals surface area contributed by atoms with Crippen LogP contribution in [-0.2, 0) is 29.0 Å². The summed E-state index contributed by atoms with van der Waals surface area (Å²) in [5.41, 5.74) is 4.88. The Kier molecular flexibility index (Phi) is 9.58. The van der Waals surface area contributed by atoms with Gasteiger partial charge in [-0.25, -0.2) is 14.4 Å². The molecule has 0 bridgehead atoms. The normalized spacial score (nSPS) is 11.6. The third kappa shape index (κ3) is 8.90. The topological polar surface area (TPSA) is 115 Å². The molecular formula is C33H40N2O6. The monoisotopic (exact) mass is 560 g/mol. The van der Waals surface area contributed by atoms with Gasteiger partial charge in [-0.05, 0) is 69.7 Å². The molecule has 0 aliphatic carbocycles. The van der Waals surface area contributed by atoms with Gasteiger partial charge in [0, 0.05) is 23.4 Å². The highest BCUT2D eigenvalue weighted by Crippen LogP contribution is 2.35. The van der Waals surface area contributed by atoms with Gasteiger partial charge in [0.05, 0.1) is 16.8 Å². The van der Waals surface area contributed by atoms with Crippen molar-refractivity contribution in [2.45, 2.75) is 80.6 Å². The number of benzene rings is 2. The molecular weight excluding hydrogens is 520 g/mol. The molecule has 2 N–H and O–H groups in total. The number of nitrogens with zero attached hydrogens (tertiary/aromatic N) is 1. The van der Waals surface area contributed by atoms with E-state index in [2.05, 4.69) is 26.1 Å². The molecule has 8 heteroatoms. The Bertz CT molecular complexity index is 1410. The zero-order chi connectivity index (χ0) is 30.5. The molecule has 0 aliphatic rings. The second kappa shape index (κ2) is 12.5. The summed E-state index contributed by atoms with van der Waals surface area (Å²) in [6.45, 7) is 15.6. The molecule has 0 aliphatic heterocycles. The lowest BCUT2D eigenvalue weighted by atomic mass is 9.85.